The van der Waals surface area contributed by atoms with Gasteiger partial charge < -0.3 is 4.52 Å². The standard InChI is InChI=1S/C18H15F2N5O/c1-2-7-16(23-25-22-15-11-6-5-10-14(15)20)18-21-17(24-26-18)12-8-3-4-9-13(12)19/h3-11H,2H2,1H3,(H,22,23)/b16-7+. The first-order valence-electron chi connectivity index (χ1n) is 7.89. The smallest absolute Gasteiger partial charge is 0.278 e. The Morgan fingerprint density at radius 3 is 2.58 bits per heavy atom. The molecule has 0 fully saturated rings. The summed E-state index contributed by atoms with van der Waals surface area (Å²) >= 11 is 0. The molecule has 1 heterocycles. The van der Waals surface area contributed by atoms with Crippen LogP contribution in [0.4, 0.5) is 14.5 Å². The Morgan fingerprint density at radius 2 is 1.85 bits per heavy atom. The molecule has 26 heavy (non-hydrogen) atoms. The second-order valence-electron chi connectivity index (χ2n) is 5.19. The number of allylic oxidation sites excluding steroid dienone is 1. The molecular weight excluding hydrogens is 340 g/mol. The quantitative estimate of drug-likeness (QED) is 0.484. The predicted molar refractivity (Wildman–Crippen MR) is 92.8 cm³/mol. The van der Waals surface area contributed by atoms with Gasteiger partial charge in [0.05, 0.1) is 11.3 Å². The summed E-state index contributed by atoms with van der Waals surface area (Å²) in [4.78, 5) is 4.16. The number of nitrogens with zero attached hydrogens (tertiary/aromatic N) is 4. The van der Waals surface area contributed by atoms with Crippen molar-refractivity contribution in [1.29, 1.82) is 0 Å². The average Bonchev–Trinajstić information content (AvgIpc) is 3.12. The number of benzene rings is 2. The number of halogens is 2. The minimum Gasteiger partial charge on any atom is -0.332 e. The molecule has 132 valence electrons. The third-order valence-corrected chi connectivity index (χ3v) is 3.36. The van der Waals surface area contributed by atoms with Gasteiger partial charge in [-0.3, -0.25) is 5.43 Å². The maximum atomic E-state index is 13.8. The summed E-state index contributed by atoms with van der Waals surface area (Å²) < 4.78 is 32.6. The lowest BCUT2D eigenvalue weighted by Crippen LogP contribution is -1.91. The van der Waals surface area contributed by atoms with Crippen LogP contribution in [0.25, 0.3) is 17.1 Å². The minimum atomic E-state index is -0.455. The molecule has 6 nitrogen and oxygen atoms in total. The molecule has 0 radical (unpaired) electrons. The number of para-hydroxylation sites is 1. The zero-order chi connectivity index (χ0) is 18.4. The van der Waals surface area contributed by atoms with E-state index in [1.54, 1.807) is 36.4 Å². The van der Waals surface area contributed by atoms with E-state index in [-0.39, 0.29) is 23.0 Å². The fourth-order valence-electron chi connectivity index (χ4n) is 2.13. The van der Waals surface area contributed by atoms with Gasteiger partial charge in [-0.25, -0.2) is 8.78 Å². The lowest BCUT2D eigenvalue weighted by atomic mass is 10.2. The van der Waals surface area contributed by atoms with E-state index in [9.17, 15) is 8.78 Å². The molecule has 0 bridgehead atoms. The Labute approximate surface area is 148 Å². The van der Waals surface area contributed by atoms with Gasteiger partial charge in [0.2, 0.25) is 5.82 Å². The van der Waals surface area contributed by atoms with Crippen LogP contribution < -0.4 is 5.43 Å². The molecule has 0 amide bonds. The number of hydrogen-bond acceptors (Lipinski definition) is 5. The molecule has 8 heteroatoms. The summed E-state index contributed by atoms with van der Waals surface area (Å²) in [5.41, 5.74) is 3.22. The van der Waals surface area contributed by atoms with Crippen LogP contribution in [0.5, 0.6) is 0 Å². The fraction of sp³-hybridized carbons (Fsp3) is 0.111. The highest BCUT2D eigenvalue weighted by Crippen LogP contribution is 2.23. The van der Waals surface area contributed by atoms with Crippen molar-refractivity contribution < 1.29 is 13.3 Å². The first kappa shape index (κ1) is 17.4. The third kappa shape index (κ3) is 3.97. The molecule has 0 unspecified atom stereocenters. The minimum absolute atomic E-state index is 0.0872. The molecule has 3 aromatic rings. The van der Waals surface area contributed by atoms with E-state index >= 15 is 0 Å². The van der Waals surface area contributed by atoms with Crippen LogP contribution in [0.2, 0.25) is 0 Å². The molecule has 0 saturated carbocycles. The van der Waals surface area contributed by atoms with Crippen molar-refractivity contribution in [1.82, 2.24) is 10.1 Å². The molecule has 0 aliphatic rings. The summed E-state index contributed by atoms with van der Waals surface area (Å²) in [5.74, 6) is -0.711. The lowest BCUT2D eigenvalue weighted by Gasteiger charge is -2.00. The SMILES string of the molecule is CC/C=C(/N=NNc1ccccc1F)c1nc(-c2ccccc2F)no1. The number of rotatable bonds is 6. The van der Waals surface area contributed by atoms with E-state index in [1.807, 2.05) is 6.92 Å². The van der Waals surface area contributed by atoms with E-state index in [0.717, 1.165) is 0 Å². The second kappa shape index (κ2) is 8.11. The average molecular weight is 355 g/mol. The number of hydrogen-bond donors (Lipinski definition) is 1. The van der Waals surface area contributed by atoms with Crippen molar-refractivity contribution in [3.8, 4) is 11.4 Å². The van der Waals surface area contributed by atoms with E-state index in [2.05, 4.69) is 25.9 Å². The fourth-order valence-corrected chi connectivity index (χ4v) is 2.13. The van der Waals surface area contributed by atoms with Crippen molar-refractivity contribution in [2.24, 2.45) is 10.3 Å². The van der Waals surface area contributed by atoms with Gasteiger partial charge >= 0.3 is 0 Å². The molecule has 0 aliphatic carbocycles. The summed E-state index contributed by atoms with van der Waals surface area (Å²) in [7, 11) is 0. The van der Waals surface area contributed by atoms with Gasteiger partial charge in [-0.2, -0.15) is 4.98 Å². The molecule has 1 N–H and O–H groups in total. The lowest BCUT2D eigenvalue weighted by molar-refractivity contribution is 0.407. The molecule has 1 aromatic heterocycles. The van der Waals surface area contributed by atoms with Crippen molar-refractivity contribution in [2.75, 3.05) is 5.43 Å². The van der Waals surface area contributed by atoms with Gasteiger partial charge in [-0.15, -0.1) is 5.11 Å². The number of aromatic nitrogens is 2. The van der Waals surface area contributed by atoms with Crippen LogP contribution in [0.1, 0.15) is 19.2 Å². The van der Waals surface area contributed by atoms with Gasteiger partial charge in [0.1, 0.15) is 17.3 Å². The first-order valence-corrected chi connectivity index (χ1v) is 7.89. The van der Waals surface area contributed by atoms with Crippen molar-refractivity contribution >= 4 is 11.4 Å². The second-order valence-corrected chi connectivity index (χ2v) is 5.19. The first-order chi connectivity index (χ1) is 12.7. The Kier molecular flexibility index (Phi) is 5.43. The number of nitrogens with one attached hydrogen (secondary N) is 1. The van der Waals surface area contributed by atoms with E-state index in [4.69, 9.17) is 4.52 Å². The normalized spacial score (nSPS) is 11.9. The molecule has 0 spiro atoms. The molecular formula is C18H15F2N5O. The number of anilines is 1. The predicted octanol–water partition coefficient (Wildman–Crippen LogP) is 5.25. The van der Waals surface area contributed by atoms with Gasteiger partial charge in [-0.05, 0) is 30.7 Å². The van der Waals surface area contributed by atoms with Gasteiger partial charge in [0.25, 0.3) is 5.89 Å². The zero-order valence-corrected chi connectivity index (χ0v) is 13.9. The zero-order valence-electron chi connectivity index (χ0n) is 13.9. The van der Waals surface area contributed by atoms with Gasteiger partial charge in [-0.1, -0.05) is 47.6 Å². The highest BCUT2D eigenvalue weighted by atomic mass is 19.1. The van der Waals surface area contributed by atoms with E-state index < -0.39 is 11.6 Å². The largest absolute Gasteiger partial charge is 0.332 e. The van der Waals surface area contributed by atoms with Crippen molar-refractivity contribution in [3.63, 3.8) is 0 Å². The molecule has 2 aromatic carbocycles. The Balaban J connectivity index is 1.81. The highest BCUT2D eigenvalue weighted by Gasteiger charge is 2.15. The topological polar surface area (TPSA) is 75.7 Å². The molecule has 0 atom stereocenters. The van der Waals surface area contributed by atoms with E-state index in [1.165, 1.54) is 18.2 Å². The summed E-state index contributed by atoms with van der Waals surface area (Å²) in [5, 5.41) is 11.5. The summed E-state index contributed by atoms with van der Waals surface area (Å²) in [6, 6.07) is 12.2. The Hall–Kier alpha value is -3.42. The van der Waals surface area contributed by atoms with Crippen molar-refractivity contribution in [2.45, 2.75) is 13.3 Å². The van der Waals surface area contributed by atoms with Gasteiger partial charge in [0, 0.05) is 0 Å². The van der Waals surface area contributed by atoms with Crippen LogP contribution in [-0.2, 0) is 0 Å². The maximum Gasteiger partial charge on any atom is 0.278 e. The molecule has 0 aliphatic heterocycles. The summed E-state index contributed by atoms with van der Waals surface area (Å²) in [6.45, 7) is 1.90. The third-order valence-electron chi connectivity index (χ3n) is 3.36. The maximum absolute atomic E-state index is 13.8. The van der Waals surface area contributed by atoms with Crippen LogP contribution in [0.3, 0.4) is 0 Å². The highest BCUT2D eigenvalue weighted by molar-refractivity contribution is 5.61. The molecule has 3 rings (SSSR count). The Morgan fingerprint density at radius 1 is 1.12 bits per heavy atom. The van der Waals surface area contributed by atoms with Crippen molar-refractivity contribution in [3.05, 3.63) is 72.1 Å². The van der Waals surface area contributed by atoms with Crippen LogP contribution in [-0.4, -0.2) is 10.1 Å². The Bertz CT molecular complexity index is 952. The van der Waals surface area contributed by atoms with Crippen LogP contribution >= 0.6 is 0 Å². The molecule has 0 saturated heterocycles. The van der Waals surface area contributed by atoms with Crippen LogP contribution in [0.15, 0.2) is 69.5 Å². The summed E-state index contributed by atoms with van der Waals surface area (Å²) in [6.07, 6.45) is 2.34. The monoisotopic (exact) mass is 355 g/mol. The van der Waals surface area contributed by atoms with Crippen LogP contribution in [0, 0.1) is 11.6 Å². The van der Waals surface area contributed by atoms with Gasteiger partial charge in [0.15, 0.2) is 0 Å². The van der Waals surface area contributed by atoms with E-state index in [0.29, 0.717) is 12.1 Å².